The van der Waals surface area contributed by atoms with Crippen molar-refractivity contribution in [3.63, 3.8) is 0 Å². The van der Waals surface area contributed by atoms with E-state index in [-0.39, 0.29) is 12.1 Å². The highest BCUT2D eigenvalue weighted by Crippen LogP contribution is 2.35. The quantitative estimate of drug-likeness (QED) is 0.489. The molecule has 1 atom stereocenters. The molecule has 0 amide bonds. The minimum absolute atomic E-state index is 0.196. The Morgan fingerprint density at radius 2 is 2.07 bits per heavy atom. The summed E-state index contributed by atoms with van der Waals surface area (Å²) in [5.74, 6) is 1.92. The molecule has 1 aliphatic rings. The summed E-state index contributed by atoms with van der Waals surface area (Å²) in [4.78, 5) is 14.1. The number of nitrogens with zero attached hydrogens (tertiary/aromatic N) is 5. The summed E-state index contributed by atoms with van der Waals surface area (Å²) in [5, 5.41) is 16.4. The van der Waals surface area contributed by atoms with E-state index in [0.717, 1.165) is 29.7 Å². The zero-order valence-corrected chi connectivity index (χ0v) is 15.8. The van der Waals surface area contributed by atoms with Crippen molar-refractivity contribution in [2.75, 3.05) is 10.6 Å². The number of benzene rings is 1. The van der Waals surface area contributed by atoms with Crippen molar-refractivity contribution in [3.05, 3.63) is 53.9 Å². The first-order valence-electron chi connectivity index (χ1n) is 9.55. The predicted molar refractivity (Wildman–Crippen MR) is 109 cm³/mol. The normalized spacial score (nSPS) is 15.9. The molecule has 1 aliphatic carbocycles. The summed E-state index contributed by atoms with van der Waals surface area (Å²) in [6.45, 7) is 4.07. The molecule has 0 fully saturated rings. The van der Waals surface area contributed by atoms with E-state index in [1.807, 2.05) is 26.1 Å². The fourth-order valence-electron chi connectivity index (χ4n) is 3.68. The molecule has 3 heterocycles. The lowest BCUT2D eigenvalue weighted by atomic mass is 10.1. The molecule has 0 aliphatic heterocycles. The average Bonchev–Trinajstić information content (AvgIpc) is 3.42. The fraction of sp³-hybridized carbons (Fsp3) is 0.300. The standard InChI is InChI=1S/C20H22N8/c1-12(2)28-22-11-17(27-28)24-20-25-18-15(9-10-21-18)19(26-20)23-16-8-7-13-5-3-4-6-14(13)16/h3-6,9-12,16H,7-8H2,1-2H3,(H3,21,23,24,25,26,27)/t16-/m0/s1. The SMILES string of the molecule is CC(C)n1ncc(Nc2nc(N[C@H]3CCc4ccccc43)c3cc[nH]c3n2)n1. The van der Waals surface area contributed by atoms with Gasteiger partial charge in [0.05, 0.1) is 23.7 Å². The second-order valence-corrected chi connectivity index (χ2v) is 7.34. The second kappa shape index (κ2) is 6.63. The molecule has 0 saturated heterocycles. The highest BCUT2D eigenvalue weighted by molar-refractivity contribution is 5.88. The lowest BCUT2D eigenvalue weighted by Crippen LogP contribution is -2.10. The number of aromatic nitrogens is 6. The number of aromatic amines is 1. The van der Waals surface area contributed by atoms with Crippen LogP contribution >= 0.6 is 0 Å². The van der Waals surface area contributed by atoms with E-state index in [9.17, 15) is 0 Å². The van der Waals surface area contributed by atoms with Crippen molar-refractivity contribution in [1.29, 1.82) is 0 Å². The van der Waals surface area contributed by atoms with Crippen molar-refractivity contribution in [2.45, 2.75) is 38.8 Å². The Kier molecular flexibility index (Phi) is 3.96. The molecular formula is C20H22N8. The summed E-state index contributed by atoms with van der Waals surface area (Å²) in [5.41, 5.74) is 3.53. The van der Waals surface area contributed by atoms with Crippen molar-refractivity contribution >= 4 is 28.6 Å². The molecule has 8 nitrogen and oxygen atoms in total. The molecule has 0 spiro atoms. The van der Waals surface area contributed by atoms with Crippen LogP contribution in [0.25, 0.3) is 11.0 Å². The Hall–Kier alpha value is -3.42. The molecule has 5 rings (SSSR count). The van der Waals surface area contributed by atoms with Crippen molar-refractivity contribution in [2.24, 2.45) is 0 Å². The molecule has 142 valence electrons. The molecule has 1 aromatic carbocycles. The Balaban J connectivity index is 1.46. The average molecular weight is 374 g/mol. The van der Waals surface area contributed by atoms with Crippen LogP contribution in [-0.2, 0) is 6.42 Å². The Morgan fingerprint density at radius 1 is 1.18 bits per heavy atom. The maximum absolute atomic E-state index is 4.73. The topological polar surface area (TPSA) is 96.3 Å². The van der Waals surface area contributed by atoms with E-state index in [2.05, 4.69) is 55.1 Å². The number of aryl methyl sites for hydroxylation is 1. The molecule has 4 aromatic rings. The Labute approximate surface area is 162 Å². The van der Waals surface area contributed by atoms with Crippen LogP contribution in [0.5, 0.6) is 0 Å². The molecule has 0 bridgehead atoms. The van der Waals surface area contributed by atoms with E-state index in [1.54, 1.807) is 11.0 Å². The van der Waals surface area contributed by atoms with Gasteiger partial charge in [-0.15, -0.1) is 5.10 Å². The van der Waals surface area contributed by atoms with Crippen LogP contribution in [0.1, 0.15) is 43.5 Å². The van der Waals surface area contributed by atoms with Gasteiger partial charge in [-0.2, -0.15) is 19.9 Å². The van der Waals surface area contributed by atoms with Gasteiger partial charge in [0.15, 0.2) is 5.82 Å². The minimum Gasteiger partial charge on any atom is -0.363 e. The summed E-state index contributed by atoms with van der Waals surface area (Å²) < 4.78 is 0. The van der Waals surface area contributed by atoms with Gasteiger partial charge in [0.2, 0.25) is 5.95 Å². The van der Waals surface area contributed by atoms with Gasteiger partial charge in [0.25, 0.3) is 0 Å². The third-order valence-corrected chi connectivity index (χ3v) is 5.07. The number of hydrogen-bond acceptors (Lipinski definition) is 6. The van der Waals surface area contributed by atoms with Crippen LogP contribution in [0.4, 0.5) is 17.6 Å². The molecule has 0 radical (unpaired) electrons. The highest BCUT2D eigenvalue weighted by Gasteiger charge is 2.23. The lowest BCUT2D eigenvalue weighted by molar-refractivity contribution is 0.467. The van der Waals surface area contributed by atoms with Crippen molar-refractivity contribution in [1.82, 2.24) is 29.9 Å². The summed E-state index contributed by atoms with van der Waals surface area (Å²) in [6, 6.07) is 11.0. The molecule has 0 unspecified atom stereocenters. The van der Waals surface area contributed by atoms with Crippen LogP contribution in [0.15, 0.2) is 42.7 Å². The summed E-state index contributed by atoms with van der Waals surface area (Å²) in [6.07, 6.45) is 5.70. The van der Waals surface area contributed by atoms with Crippen molar-refractivity contribution in [3.8, 4) is 0 Å². The molecular weight excluding hydrogens is 352 g/mol. The molecule has 0 saturated carbocycles. The van der Waals surface area contributed by atoms with Crippen LogP contribution in [0.3, 0.4) is 0 Å². The first kappa shape index (κ1) is 16.7. The number of nitrogens with one attached hydrogen (secondary N) is 3. The largest absolute Gasteiger partial charge is 0.363 e. The first-order chi connectivity index (χ1) is 13.7. The van der Waals surface area contributed by atoms with E-state index in [1.165, 1.54) is 11.1 Å². The van der Waals surface area contributed by atoms with E-state index in [4.69, 9.17) is 4.98 Å². The van der Waals surface area contributed by atoms with Gasteiger partial charge in [-0.3, -0.25) is 0 Å². The van der Waals surface area contributed by atoms with E-state index >= 15 is 0 Å². The van der Waals surface area contributed by atoms with Crippen LogP contribution in [-0.4, -0.2) is 29.9 Å². The maximum atomic E-state index is 4.73. The Bertz CT molecular complexity index is 1130. The van der Waals surface area contributed by atoms with Gasteiger partial charge >= 0.3 is 0 Å². The van der Waals surface area contributed by atoms with Gasteiger partial charge in [-0.1, -0.05) is 24.3 Å². The summed E-state index contributed by atoms with van der Waals surface area (Å²) in [7, 11) is 0. The molecule has 28 heavy (non-hydrogen) atoms. The zero-order chi connectivity index (χ0) is 19.1. The fourth-order valence-corrected chi connectivity index (χ4v) is 3.68. The maximum Gasteiger partial charge on any atom is 0.232 e. The predicted octanol–water partition coefficient (Wildman–Crippen LogP) is 3.97. The highest BCUT2D eigenvalue weighted by atomic mass is 15.5. The monoisotopic (exact) mass is 374 g/mol. The molecule has 8 heteroatoms. The van der Waals surface area contributed by atoms with Crippen molar-refractivity contribution < 1.29 is 0 Å². The zero-order valence-electron chi connectivity index (χ0n) is 15.8. The van der Waals surface area contributed by atoms with Gasteiger partial charge in [-0.05, 0) is 43.9 Å². The van der Waals surface area contributed by atoms with E-state index in [0.29, 0.717) is 11.8 Å². The lowest BCUT2D eigenvalue weighted by Gasteiger charge is -2.16. The number of H-pyrrole nitrogens is 1. The number of hydrogen-bond donors (Lipinski definition) is 3. The number of anilines is 3. The van der Waals surface area contributed by atoms with Gasteiger partial charge < -0.3 is 15.6 Å². The van der Waals surface area contributed by atoms with Gasteiger partial charge in [0.1, 0.15) is 11.5 Å². The molecule has 3 aromatic heterocycles. The Morgan fingerprint density at radius 3 is 2.93 bits per heavy atom. The van der Waals surface area contributed by atoms with Crippen LogP contribution in [0, 0.1) is 0 Å². The van der Waals surface area contributed by atoms with Gasteiger partial charge in [0, 0.05) is 6.20 Å². The van der Waals surface area contributed by atoms with Gasteiger partial charge in [-0.25, -0.2) is 0 Å². The number of rotatable bonds is 5. The smallest absolute Gasteiger partial charge is 0.232 e. The number of fused-ring (bicyclic) bond motifs is 2. The van der Waals surface area contributed by atoms with E-state index < -0.39 is 0 Å². The minimum atomic E-state index is 0.196. The summed E-state index contributed by atoms with van der Waals surface area (Å²) >= 11 is 0. The first-order valence-corrected chi connectivity index (χ1v) is 9.55. The third kappa shape index (κ3) is 2.96. The van der Waals surface area contributed by atoms with Crippen LogP contribution < -0.4 is 10.6 Å². The van der Waals surface area contributed by atoms with Crippen LogP contribution in [0.2, 0.25) is 0 Å². The second-order valence-electron chi connectivity index (χ2n) is 7.34. The molecule has 3 N–H and O–H groups in total. The third-order valence-electron chi connectivity index (χ3n) is 5.07.